The molecule has 0 bridgehead atoms. The molecule has 0 radical (unpaired) electrons. The minimum atomic E-state index is -0.302. The fourth-order valence-corrected chi connectivity index (χ4v) is 3.41. The second-order valence-electron chi connectivity index (χ2n) is 7.20. The van der Waals surface area contributed by atoms with Gasteiger partial charge in [-0.05, 0) is 36.6 Å². The fourth-order valence-electron chi connectivity index (χ4n) is 3.41. The van der Waals surface area contributed by atoms with Gasteiger partial charge in [0.1, 0.15) is 17.3 Å². The van der Waals surface area contributed by atoms with E-state index in [-0.39, 0.29) is 23.0 Å². The number of nitrogens with one attached hydrogen (secondary N) is 1. The molecule has 3 heterocycles. The number of pyridine rings is 2. The molecule has 6 nitrogen and oxygen atoms in total. The van der Waals surface area contributed by atoms with E-state index in [2.05, 4.69) is 40.0 Å². The van der Waals surface area contributed by atoms with Gasteiger partial charge in [-0.15, -0.1) is 6.42 Å². The minimum absolute atomic E-state index is 0. The number of piperazine rings is 1. The molecule has 1 aliphatic heterocycles. The highest BCUT2D eigenvalue weighted by Crippen LogP contribution is 2.21. The molecule has 148 valence electrons. The van der Waals surface area contributed by atoms with Crippen LogP contribution in [-0.4, -0.2) is 41.4 Å². The number of anilines is 2. The molecule has 0 amide bonds. The summed E-state index contributed by atoms with van der Waals surface area (Å²) in [6.07, 6.45) is 8.24. The van der Waals surface area contributed by atoms with E-state index < -0.39 is 0 Å². The van der Waals surface area contributed by atoms with E-state index in [1.54, 1.807) is 24.4 Å². The maximum atomic E-state index is 13.0. The Hall–Kier alpha value is -2.91. The van der Waals surface area contributed by atoms with Crippen molar-refractivity contribution in [2.45, 2.75) is 26.3 Å². The van der Waals surface area contributed by atoms with Crippen molar-refractivity contribution in [2.75, 3.05) is 30.3 Å². The molecule has 3 rings (SSSR count). The van der Waals surface area contributed by atoms with Gasteiger partial charge in [-0.25, -0.2) is 9.97 Å². The number of nitrogens with zero attached hydrogens (tertiary/aromatic N) is 3. The van der Waals surface area contributed by atoms with Crippen LogP contribution in [0.5, 0.6) is 0 Å². The van der Waals surface area contributed by atoms with E-state index in [1.165, 1.54) is 0 Å². The Kier molecular flexibility index (Phi) is 5.72. The van der Waals surface area contributed by atoms with Crippen LogP contribution in [0, 0.1) is 18.3 Å². The Morgan fingerprint density at radius 3 is 3.00 bits per heavy atom. The standard InChI is InChI=1S/C21H25N5O.4H2/c1-4-15-7-8-18(26-11-10-23-16(13-26)12-14(2)3)25-19(15)20(27)17-6-5-9-24-21(17)22;;;;/h1,5-9,14,16,23H,10-13H2,2-3H3,(H2,22,24);4*1H/t16-;;;;/m0..../s1. The van der Waals surface area contributed by atoms with Crippen molar-refractivity contribution in [3.8, 4) is 12.3 Å². The van der Waals surface area contributed by atoms with Crippen molar-refractivity contribution < 1.29 is 10.5 Å². The van der Waals surface area contributed by atoms with E-state index in [9.17, 15) is 4.79 Å². The quantitative estimate of drug-likeness (QED) is 0.621. The van der Waals surface area contributed by atoms with Crippen LogP contribution >= 0.6 is 0 Å². The fraction of sp³-hybridized carbons (Fsp3) is 0.381. The first-order valence-corrected chi connectivity index (χ1v) is 9.20. The monoisotopic (exact) mass is 371 g/mol. The van der Waals surface area contributed by atoms with Crippen molar-refractivity contribution in [2.24, 2.45) is 5.92 Å². The maximum absolute atomic E-state index is 13.0. The zero-order chi connectivity index (χ0) is 19.4. The van der Waals surface area contributed by atoms with E-state index in [0.717, 1.165) is 31.9 Å². The highest BCUT2D eigenvalue weighted by Gasteiger charge is 2.24. The predicted octanol–water partition coefficient (Wildman–Crippen LogP) is 3.08. The Labute approximate surface area is 166 Å². The molecular weight excluding hydrogens is 338 g/mol. The molecule has 1 fully saturated rings. The van der Waals surface area contributed by atoms with Crippen LogP contribution in [0.3, 0.4) is 0 Å². The lowest BCUT2D eigenvalue weighted by molar-refractivity contribution is 0.103. The molecule has 3 N–H and O–H groups in total. The highest BCUT2D eigenvalue weighted by molar-refractivity contribution is 6.11. The van der Waals surface area contributed by atoms with Gasteiger partial charge in [0.2, 0.25) is 5.78 Å². The summed E-state index contributed by atoms with van der Waals surface area (Å²) in [7, 11) is 0. The maximum Gasteiger partial charge on any atom is 0.216 e. The number of nitrogens with two attached hydrogens (primary N) is 1. The Morgan fingerprint density at radius 1 is 1.48 bits per heavy atom. The van der Waals surface area contributed by atoms with Crippen molar-refractivity contribution in [3.05, 3.63) is 47.3 Å². The minimum Gasteiger partial charge on any atom is -0.383 e. The largest absolute Gasteiger partial charge is 0.383 e. The third kappa shape index (κ3) is 4.26. The summed E-state index contributed by atoms with van der Waals surface area (Å²) in [6, 6.07) is 7.39. The van der Waals surface area contributed by atoms with Gasteiger partial charge in [0.15, 0.2) is 0 Å². The Bertz CT molecular complexity index is 888. The lowest BCUT2D eigenvalue weighted by Gasteiger charge is -2.35. The zero-order valence-corrected chi connectivity index (χ0v) is 15.8. The molecule has 0 spiro atoms. The molecule has 2 aromatic rings. The molecule has 1 atom stereocenters. The Balaban J connectivity index is 0. The molecular formula is C21H33N5O. The van der Waals surface area contributed by atoms with Crippen LogP contribution in [0.25, 0.3) is 0 Å². The van der Waals surface area contributed by atoms with Gasteiger partial charge in [0.05, 0.1) is 11.1 Å². The van der Waals surface area contributed by atoms with Crippen LogP contribution in [-0.2, 0) is 0 Å². The van der Waals surface area contributed by atoms with Gasteiger partial charge in [-0.2, -0.15) is 0 Å². The Morgan fingerprint density at radius 2 is 2.30 bits per heavy atom. The van der Waals surface area contributed by atoms with Crippen LogP contribution < -0.4 is 16.0 Å². The molecule has 0 aromatic carbocycles. The number of carbonyl (C=O) groups is 1. The molecule has 6 heteroatoms. The van der Waals surface area contributed by atoms with Crippen LogP contribution in [0.4, 0.5) is 11.6 Å². The lowest BCUT2D eigenvalue weighted by atomic mass is 10.0. The topological polar surface area (TPSA) is 84.1 Å². The number of hydrogen-bond donors (Lipinski definition) is 2. The van der Waals surface area contributed by atoms with Crippen molar-refractivity contribution in [3.63, 3.8) is 0 Å². The zero-order valence-electron chi connectivity index (χ0n) is 15.8. The van der Waals surface area contributed by atoms with E-state index in [0.29, 0.717) is 23.1 Å². The average Bonchev–Trinajstić information content (AvgIpc) is 2.67. The summed E-state index contributed by atoms with van der Waals surface area (Å²) in [4.78, 5) is 23.8. The van der Waals surface area contributed by atoms with Crippen molar-refractivity contribution in [1.29, 1.82) is 0 Å². The number of carbonyl (C=O) groups excluding carboxylic acids is 1. The number of nitrogen functional groups attached to an aromatic ring is 1. The first-order valence-electron chi connectivity index (χ1n) is 9.20. The first kappa shape index (κ1) is 18.9. The SMILES string of the molecule is C#Cc1ccc(N2CCN[C@@H](CC(C)C)C2)nc1C(=O)c1cccnc1N.[HH].[HH].[HH].[HH]. The van der Waals surface area contributed by atoms with Crippen LogP contribution in [0.2, 0.25) is 0 Å². The van der Waals surface area contributed by atoms with Gasteiger partial charge in [0.25, 0.3) is 0 Å². The summed E-state index contributed by atoms with van der Waals surface area (Å²) >= 11 is 0. The van der Waals surface area contributed by atoms with Gasteiger partial charge >= 0.3 is 0 Å². The molecule has 0 unspecified atom stereocenters. The number of ketones is 1. The van der Waals surface area contributed by atoms with Gasteiger partial charge < -0.3 is 16.0 Å². The number of terminal acetylenes is 1. The van der Waals surface area contributed by atoms with Crippen LogP contribution in [0.1, 0.15) is 47.6 Å². The third-order valence-corrected chi connectivity index (χ3v) is 4.67. The summed E-state index contributed by atoms with van der Waals surface area (Å²) in [6.45, 7) is 7.00. The average molecular weight is 372 g/mol. The normalized spacial score (nSPS) is 17.0. The summed E-state index contributed by atoms with van der Waals surface area (Å²) in [5.74, 6) is 3.81. The summed E-state index contributed by atoms with van der Waals surface area (Å²) in [5.41, 5.74) is 6.89. The smallest absolute Gasteiger partial charge is 0.216 e. The predicted molar refractivity (Wildman–Crippen MR) is 116 cm³/mol. The van der Waals surface area contributed by atoms with Gasteiger partial charge in [-0.1, -0.05) is 19.8 Å². The molecule has 1 saturated heterocycles. The van der Waals surface area contributed by atoms with Crippen molar-refractivity contribution >= 4 is 17.4 Å². The molecule has 0 saturated carbocycles. The molecule has 2 aromatic heterocycles. The second kappa shape index (κ2) is 8.19. The molecule has 0 aliphatic carbocycles. The highest BCUT2D eigenvalue weighted by atomic mass is 16.1. The van der Waals surface area contributed by atoms with Crippen molar-refractivity contribution in [1.82, 2.24) is 15.3 Å². The number of hydrogen-bond acceptors (Lipinski definition) is 6. The third-order valence-electron chi connectivity index (χ3n) is 4.67. The summed E-state index contributed by atoms with van der Waals surface area (Å²) < 4.78 is 0. The molecule has 1 aliphatic rings. The second-order valence-corrected chi connectivity index (χ2v) is 7.20. The van der Waals surface area contributed by atoms with Crippen LogP contribution in [0.15, 0.2) is 30.5 Å². The van der Waals surface area contributed by atoms with E-state index >= 15 is 0 Å². The van der Waals surface area contributed by atoms with E-state index in [1.807, 2.05) is 6.07 Å². The van der Waals surface area contributed by atoms with E-state index in [4.69, 9.17) is 12.2 Å². The summed E-state index contributed by atoms with van der Waals surface area (Å²) in [5, 5.41) is 3.55. The number of aromatic nitrogens is 2. The lowest BCUT2D eigenvalue weighted by Crippen LogP contribution is -2.51. The van der Waals surface area contributed by atoms with Gasteiger partial charge in [0, 0.05) is 37.6 Å². The number of rotatable bonds is 5. The van der Waals surface area contributed by atoms with Gasteiger partial charge in [-0.3, -0.25) is 4.79 Å². The molecule has 27 heavy (non-hydrogen) atoms. The first-order chi connectivity index (χ1) is 13.0.